The fourth-order valence-corrected chi connectivity index (χ4v) is 3.34. The van der Waals surface area contributed by atoms with Gasteiger partial charge in [-0.1, -0.05) is 18.2 Å². The zero-order valence-corrected chi connectivity index (χ0v) is 16.0. The molecule has 148 valence electrons. The Hall–Kier alpha value is -3.55. The van der Waals surface area contributed by atoms with Crippen LogP contribution in [0.4, 0.5) is 10.1 Å². The average Bonchev–Trinajstić information content (AvgIpc) is 3.24. The van der Waals surface area contributed by atoms with Crippen LogP contribution in [0.3, 0.4) is 0 Å². The summed E-state index contributed by atoms with van der Waals surface area (Å²) in [6, 6.07) is 13.9. The topological polar surface area (TPSA) is 71.3 Å². The Balaban J connectivity index is 1.42. The second-order valence-corrected chi connectivity index (χ2v) is 6.86. The second-order valence-electron chi connectivity index (χ2n) is 6.86. The summed E-state index contributed by atoms with van der Waals surface area (Å²) in [5.74, 6) is -0.795. The number of ketones is 1. The molecule has 3 aromatic rings. The lowest BCUT2D eigenvalue weighted by Gasteiger charge is -2.35. The lowest BCUT2D eigenvalue weighted by Crippen LogP contribution is -2.49. The highest BCUT2D eigenvalue weighted by Crippen LogP contribution is 2.22. The average molecular weight is 393 g/mol. The number of aromatic nitrogens is 3. The summed E-state index contributed by atoms with van der Waals surface area (Å²) >= 11 is 0. The largest absolute Gasteiger partial charge is 0.366 e. The van der Waals surface area contributed by atoms with E-state index >= 15 is 0 Å². The van der Waals surface area contributed by atoms with E-state index in [1.54, 1.807) is 17.0 Å². The van der Waals surface area contributed by atoms with Gasteiger partial charge in [0.25, 0.3) is 5.91 Å². The molecule has 7 nitrogen and oxygen atoms in total. The molecule has 29 heavy (non-hydrogen) atoms. The van der Waals surface area contributed by atoms with Gasteiger partial charge in [0.05, 0.1) is 17.6 Å². The molecular formula is C21H20FN5O2. The molecule has 2 heterocycles. The van der Waals surface area contributed by atoms with Crippen LogP contribution in [-0.4, -0.2) is 57.8 Å². The molecule has 4 rings (SSSR count). The predicted molar refractivity (Wildman–Crippen MR) is 106 cm³/mol. The van der Waals surface area contributed by atoms with Gasteiger partial charge in [0.1, 0.15) is 5.82 Å². The Morgan fingerprint density at radius 3 is 2.38 bits per heavy atom. The first-order valence-electron chi connectivity index (χ1n) is 9.35. The van der Waals surface area contributed by atoms with Crippen molar-refractivity contribution in [2.75, 3.05) is 31.1 Å². The molecule has 8 heteroatoms. The van der Waals surface area contributed by atoms with Crippen molar-refractivity contribution >= 4 is 17.4 Å². The van der Waals surface area contributed by atoms with Crippen LogP contribution in [0.5, 0.6) is 0 Å². The number of hydrogen-bond donors (Lipinski definition) is 0. The van der Waals surface area contributed by atoms with Gasteiger partial charge in [-0.05, 0) is 37.3 Å². The summed E-state index contributed by atoms with van der Waals surface area (Å²) in [5.41, 5.74) is 1.85. The van der Waals surface area contributed by atoms with Crippen molar-refractivity contribution in [2.45, 2.75) is 6.92 Å². The van der Waals surface area contributed by atoms with E-state index in [-0.39, 0.29) is 17.4 Å². The highest BCUT2D eigenvalue weighted by atomic mass is 19.1. The number of carbonyl (C=O) groups excluding carboxylic acids is 2. The maximum absolute atomic E-state index is 14.4. The van der Waals surface area contributed by atoms with E-state index in [1.807, 2.05) is 35.2 Å². The van der Waals surface area contributed by atoms with Gasteiger partial charge in [-0.2, -0.15) is 9.90 Å². The molecule has 0 saturated carbocycles. The molecule has 0 aliphatic carbocycles. The molecular weight excluding hydrogens is 373 g/mol. The number of anilines is 1. The standard InChI is InChI=1S/C21H20FN5O2/c1-15(28)16-7-8-20(18(22)13-16)25-9-11-26(12-10-25)21(29)19-14-23-27(24-19)17-5-3-2-4-6-17/h2-8,13-14H,9-12H2,1H3. The number of Topliss-reactive ketones (excluding diaryl/α,β-unsaturated/α-hetero) is 1. The van der Waals surface area contributed by atoms with Crippen LogP contribution in [-0.2, 0) is 0 Å². The SMILES string of the molecule is CC(=O)c1ccc(N2CCN(C(=O)c3cnn(-c4ccccc4)n3)CC2)c(F)c1. The first-order valence-corrected chi connectivity index (χ1v) is 9.35. The summed E-state index contributed by atoms with van der Waals surface area (Å²) in [5, 5.41) is 8.45. The van der Waals surface area contributed by atoms with Crippen LogP contribution >= 0.6 is 0 Å². The third-order valence-electron chi connectivity index (χ3n) is 4.96. The summed E-state index contributed by atoms with van der Waals surface area (Å²) in [7, 11) is 0. The van der Waals surface area contributed by atoms with Crippen molar-refractivity contribution in [3.05, 3.63) is 71.8 Å². The van der Waals surface area contributed by atoms with Gasteiger partial charge in [-0.25, -0.2) is 4.39 Å². The van der Waals surface area contributed by atoms with Crippen LogP contribution < -0.4 is 4.90 Å². The van der Waals surface area contributed by atoms with Crippen molar-refractivity contribution in [1.29, 1.82) is 0 Å². The molecule has 0 spiro atoms. The van der Waals surface area contributed by atoms with Crippen LogP contribution in [0.2, 0.25) is 0 Å². The zero-order valence-electron chi connectivity index (χ0n) is 16.0. The molecule has 1 saturated heterocycles. The predicted octanol–water partition coefficient (Wildman–Crippen LogP) is 2.57. The number of carbonyl (C=O) groups is 2. The number of hydrogen-bond acceptors (Lipinski definition) is 5. The minimum absolute atomic E-state index is 0.172. The minimum atomic E-state index is -0.428. The molecule has 1 amide bonds. The van der Waals surface area contributed by atoms with Gasteiger partial charge in [-0.3, -0.25) is 9.59 Å². The van der Waals surface area contributed by atoms with E-state index in [2.05, 4.69) is 10.2 Å². The second kappa shape index (κ2) is 7.83. The van der Waals surface area contributed by atoms with Gasteiger partial charge < -0.3 is 9.80 Å². The number of rotatable bonds is 4. The Morgan fingerprint density at radius 1 is 1.00 bits per heavy atom. The normalized spacial score (nSPS) is 14.1. The molecule has 1 aliphatic heterocycles. The summed E-state index contributed by atoms with van der Waals surface area (Å²) in [6.45, 7) is 3.30. The fraction of sp³-hybridized carbons (Fsp3) is 0.238. The van der Waals surface area contributed by atoms with Gasteiger partial charge in [-0.15, -0.1) is 5.10 Å². The first kappa shape index (κ1) is 18.8. The van der Waals surface area contributed by atoms with E-state index < -0.39 is 5.82 Å². The van der Waals surface area contributed by atoms with Crippen molar-refractivity contribution in [2.24, 2.45) is 0 Å². The van der Waals surface area contributed by atoms with Crippen molar-refractivity contribution in [3.63, 3.8) is 0 Å². The number of amides is 1. The van der Waals surface area contributed by atoms with E-state index in [4.69, 9.17) is 0 Å². The molecule has 0 unspecified atom stereocenters. The molecule has 1 aromatic heterocycles. The van der Waals surface area contributed by atoms with Crippen LogP contribution in [0.25, 0.3) is 5.69 Å². The van der Waals surface area contributed by atoms with E-state index in [9.17, 15) is 14.0 Å². The smallest absolute Gasteiger partial charge is 0.276 e. The van der Waals surface area contributed by atoms with Crippen molar-refractivity contribution in [3.8, 4) is 5.69 Å². The number of piperazine rings is 1. The number of benzene rings is 2. The van der Waals surface area contributed by atoms with Crippen molar-refractivity contribution in [1.82, 2.24) is 19.9 Å². The Morgan fingerprint density at radius 2 is 1.72 bits per heavy atom. The van der Waals surface area contributed by atoms with Gasteiger partial charge in [0, 0.05) is 31.7 Å². The summed E-state index contributed by atoms with van der Waals surface area (Å²) in [4.78, 5) is 29.1. The van der Waals surface area contributed by atoms with E-state index in [0.717, 1.165) is 5.69 Å². The zero-order chi connectivity index (χ0) is 20.4. The quantitative estimate of drug-likeness (QED) is 0.637. The molecule has 0 bridgehead atoms. The monoisotopic (exact) mass is 393 g/mol. The fourth-order valence-electron chi connectivity index (χ4n) is 3.34. The van der Waals surface area contributed by atoms with Crippen LogP contribution in [0.15, 0.2) is 54.7 Å². The van der Waals surface area contributed by atoms with Gasteiger partial charge in [0.15, 0.2) is 11.5 Å². The third kappa shape index (κ3) is 3.87. The van der Waals surface area contributed by atoms with E-state index in [0.29, 0.717) is 37.4 Å². The lowest BCUT2D eigenvalue weighted by atomic mass is 10.1. The highest BCUT2D eigenvalue weighted by Gasteiger charge is 2.25. The third-order valence-corrected chi connectivity index (χ3v) is 4.96. The number of para-hydroxylation sites is 1. The summed E-state index contributed by atoms with van der Waals surface area (Å²) in [6.07, 6.45) is 1.46. The Kier molecular flexibility index (Phi) is 5.07. The maximum Gasteiger partial charge on any atom is 0.276 e. The lowest BCUT2D eigenvalue weighted by molar-refractivity contribution is 0.0740. The maximum atomic E-state index is 14.4. The Bertz CT molecular complexity index is 1040. The molecule has 0 atom stereocenters. The summed E-state index contributed by atoms with van der Waals surface area (Å²) < 4.78 is 14.4. The molecule has 0 N–H and O–H groups in total. The minimum Gasteiger partial charge on any atom is -0.366 e. The van der Waals surface area contributed by atoms with E-state index in [1.165, 1.54) is 24.0 Å². The molecule has 0 radical (unpaired) electrons. The molecule has 1 fully saturated rings. The van der Waals surface area contributed by atoms with Crippen molar-refractivity contribution < 1.29 is 14.0 Å². The first-order chi connectivity index (χ1) is 14.0. The van der Waals surface area contributed by atoms with Gasteiger partial charge in [0.2, 0.25) is 0 Å². The molecule has 1 aliphatic rings. The number of halogens is 1. The van der Waals surface area contributed by atoms with Crippen LogP contribution in [0.1, 0.15) is 27.8 Å². The Labute approximate surface area is 167 Å². The highest BCUT2D eigenvalue weighted by molar-refractivity contribution is 5.94. The molecule has 2 aromatic carbocycles. The van der Waals surface area contributed by atoms with Crippen LogP contribution in [0, 0.1) is 5.82 Å². The van der Waals surface area contributed by atoms with Gasteiger partial charge >= 0.3 is 0 Å². The number of nitrogens with zero attached hydrogens (tertiary/aromatic N) is 5.